The third-order valence-corrected chi connectivity index (χ3v) is 5.16. The number of ether oxygens (including phenoxy) is 4. The Balaban J connectivity index is 1.63. The number of carbonyl (C=O) groups excluding carboxylic acids is 2. The Morgan fingerprint density at radius 3 is 2.34 bits per heavy atom. The van der Waals surface area contributed by atoms with E-state index < -0.39 is 5.97 Å². The molecule has 0 fully saturated rings. The van der Waals surface area contributed by atoms with Crippen LogP contribution in [0.1, 0.15) is 37.4 Å². The summed E-state index contributed by atoms with van der Waals surface area (Å²) in [4.78, 5) is 25.5. The van der Waals surface area contributed by atoms with E-state index >= 15 is 0 Å². The van der Waals surface area contributed by atoms with Gasteiger partial charge >= 0.3 is 5.97 Å². The molecular formula is C26H22O6. The van der Waals surface area contributed by atoms with Crippen molar-refractivity contribution >= 4 is 17.8 Å². The molecule has 0 aromatic heterocycles. The molecule has 6 nitrogen and oxygen atoms in total. The predicted molar refractivity (Wildman–Crippen MR) is 120 cm³/mol. The van der Waals surface area contributed by atoms with Crippen LogP contribution in [-0.2, 0) is 0 Å². The zero-order chi connectivity index (χ0) is 22.8. The van der Waals surface area contributed by atoms with Crippen molar-refractivity contribution in [3.63, 3.8) is 0 Å². The van der Waals surface area contributed by atoms with Crippen LogP contribution in [0, 0.1) is 13.8 Å². The van der Waals surface area contributed by atoms with Crippen LogP contribution in [0.25, 0.3) is 6.08 Å². The summed E-state index contributed by atoms with van der Waals surface area (Å²) in [5.74, 6) is 1.27. The second-order valence-electron chi connectivity index (χ2n) is 7.42. The molecule has 1 heterocycles. The molecule has 0 saturated carbocycles. The van der Waals surface area contributed by atoms with Crippen molar-refractivity contribution < 1.29 is 28.5 Å². The number of Topliss-reactive ketones (excluding diaryl/α,β-unsaturated/α-hetero) is 1. The summed E-state index contributed by atoms with van der Waals surface area (Å²) >= 11 is 0. The first-order valence-corrected chi connectivity index (χ1v) is 9.99. The number of rotatable bonds is 5. The van der Waals surface area contributed by atoms with E-state index in [2.05, 4.69) is 0 Å². The van der Waals surface area contributed by atoms with Gasteiger partial charge < -0.3 is 18.9 Å². The maximum atomic E-state index is 13.0. The largest absolute Gasteiger partial charge is 0.497 e. The molecule has 0 bridgehead atoms. The molecule has 0 saturated heterocycles. The molecule has 3 aromatic rings. The number of esters is 1. The maximum Gasteiger partial charge on any atom is 0.343 e. The van der Waals surface area contributed by atoms with Crippen molar-refractivity contribution in [1.82, 2.24) is 0 Å². The molecule has 0 spiro atoms. The third-order valence-electron chi connectivity index (χ3n) is 5.16. The van der Waals surface area contributed by atoms with E-state index in [-0.39, 0.29) is 11.5 Å². The normalized spacial score (nSPS) is 13.5. The summed E-state index contributed by atoms with van der Waals surface area (Å²) in [5.41, 5.74) is 3.23. The summed E-state index contributed by atoms with van der Waals surface area (Å²) in [6, 6.07) is 15.6. The SMILES string of the molecule is COc1ccc(OC)c(/C=C2\Oc3cc(OC(=O)c4ccc(C)cc4)cc(C)c3C2=O)c1. The number of ketones is 1. The lowest BCUT2D eigenvalue weighted by Gasteiger charge is -2.08. The van der Waals surface area contributed by atoms with Gasteiger partial charge in [-0.15, -0.1) is 0 Å². The van der Waals surface area contributed by atoms with Crippen LogP contribution in [0.5, 0.6) is 23.0 Å². The van der Waals surface area contributed by atoms with Crippen LogP contribution in [0.4, 0.5) is 0 Å². The van der Waals surface area contributed by atoms with E-state index in [0.717, 1.165) is 5.56 Å². The average molecular weight is 430 g/mol. The molecule has 6 heteroatoms. The molecule has 0 unspecified atom stereocenters. The number of aryl methyl sites for hydroxylation is 2. The Morgan fingerprint density at radius 1 is 0.906 bits per heavy atom. The van der Waals surface area contributed by atoms with Crippen LogP contribution in [0.3, 0.4) is 0 Å². The molecule has 0 atom stereocenters. The van der Waals surface area contributed by atoms with E-state index in [4.69, 9.17) is 18.9 Å². The minimum absolute atomic E-state index is 0.150. The summed E-state index contributed by atoms with van der Waals surface area (Å²) in [6.45, 7) is 3.72. The van der Waals surface area contributed by atoms with Crippen LogP contribution in [-0.4, -0.2) is 26.0 Å². The van der Waals surface area contributed by atoms with Gasteiger partial charge in [-0.3, -0.25) is 4.79 Å². The molecule has 32 heavy (non-hydrogen) atoms. The first kappa shape index (κ1) is 21.2. The number of hydrogen-bond donors (Lipinski definition) is 0. The molecule has 4 rings (SSSR count). The van der Waals surface area contributed by atoms with Crippen molar-refractivity contribution in [1.29, 1.82) is 0 Å². The third kappa shape index (κ3) is 4.07. The highest BCUT2D eigenvalue weighted by atomic mass is 16.5. The van der Waals surface area contributed by atoms with Gasteiger partial charge in [-0.25, -0.2) is 4.79 Å². The topological polar surface area (TPSA) is 71.1 Å². The van der Waals surface area contributed by atoms with Gasteiger partial charge in [0.1, 0.15) is 23.0 Å². The van der Waals surface area contributed by atoms with Gasteiger partial charge in [-0.05, 0) is 61.9 Å². The monoisotopic (exact) mass is 430 g/mol. The highest BCUT2D eigenvalue weighted by molar-refractivity contribution is 6.15. The molecule has 1 aliphatic heterocycles. The Bertz CT molecular complexity index is 1240. The number of carbonyl (C=O) groups is 2. The van der Waals surface area contributed by atoms with Crippen molar-refractivity contribution in [3.8, 4) is 23.0 Å². The zero-order valence-electron chi connectivity index (χ0n) is 18.2. The smallest absolute Gasteiger partial charge is 0.343 e. The van der Waals surface area contributed by atoms with Crippen molar-refractivity contribution in [3.05, 3.63) is 88.2 Å². The van der Waals surface area contributed by atoms with Gasteiger partial charge in [-0.2, -0.15) is 0 Å². The summed E-state index contributed by atoms with van der Waals surface area (Å²) < 4.78 is 22.0. The van der Waals surface area contributed by atoms with Crippen LogP contribution in [0.2, 0.25) is 0 Å². The fourth-order valence-electron chi connectivity index (χ4n) is 3.49. The van der Waals surface area contributed by atoms with E-state index in [1.54, 1.807) is 69.7 Å². The van der Waals surface area contributed by atoms with Gasteiger partial charge in [0.2, 0.25) is 5.78 Å². The fourth-order valence-corrected chi connectivity index (χ4v) is 3.49. The molecule has 0 N–H and O–H groups in total. The Hall–Kier alpha value is -4.06. The minimum Gasteiger partial charge on any atom is -0.497 e. The molecule has 0 amide bonds. The number of fused-ring (bicyclic) bond motifs is 1. The Morgan fingerprint density at radius 2 is 1.66 bits per heavy atom. The lowest BCUT2D eigenvalue weighted by Crippen LogP contribution is -2.08. The van der Waals surface area contributed by atoms with Gasteiger partial charge in [0.15, 0.2) is 5.76 Å². The van der Waals surface area contributed by atoms with Gasteiger partial charge in [0, 0.05) is 11.6 Å². The highest BCUT2D eigenvalue weighted by Gasteiger charge is 2.30. The number of benzene rings is 3. The highest BCUT2D eigenvalue weighted by Crippen LogP contribution is 2.38. The van der Waals surface area contributed by atoms with Gasteiger partial charge in [0.05, 0.1) is 25.3 Å². The minimum atomic E-state index is -0.481. The lowest BCUT2D eigenvalue weighted by molar-refractivity contribution is 0.0734. The molecule has 0 aliphatic carbocycles. The molecule has 162 valence electrons. The second kappa shape index (κ2) is 8.59. The maximum absolute atomic E-state index is 13.0. The Kier molecular flexibility index (Phi) is 5.69. The Labute approximate surface area is 186 Å². The lowest BCUT2D eigenvalue weighted by atomic mass is 10.0. The van der Waals surface area contributed by atoms with Crippen LogP contribution < -0.4 is 18.9 Å². The number of hydrogen-bond acceptors (Lipinski definition) is 6. The predicted octanol–water partition coefficient (Wildman–Crippen LogP) is 5.16. The van der Waals surface area contributed by atoms with Gasteiger partial charge in [-0.1, -0.05) is 17.7 Å². The van der Waals surface area contributed by atoms with Crippen molar-refractivity contribution in [2.24, 2.45) is 0 Å². The van der Waals surface area contributed by atoms with Crippen LogP contribution in [0.15, 0.2) is 60.4 Å². The fraction of sp³-hybridized carbons (Fsp3) is 0.154. The quantitative estimate of drug-likeness (QED) is 0.316. The zero-order valence-corrected chi connectivity index (χ0v) is 18.2. The number of allylic oxidation sites excluding steroid dienone is 1. The summed E-state index contributed by atoms with van der Waals surface area (Å²) in [7, 11) is 3.11. The van der Waals surface area contributed by atoms with E-state index in [0.29, 0.717) is 45.3 Å². The van der Waals surface area contributed by atoms with Crippen molar-refractivity contribution in [2.75, 3.05) is 14.2 Å². The van der Waals surface area contributed by atoms with Gasteiger partial charge in [0.25, 0.3) is 0 Å². The standard InChI is InChI=1S/C26H22O6/c1-15-5-7-17(8-6-15)26(28)31-20-11-16(2)24-22(14-20)32-23(25(24)27)13-18-12-19(29-3)9-10-21(18)30-4/h5-14H,1-4H3/b23-13-. The summed E-state index contributed by atoms with van der Waals surface area (Å²) in [5, 5.41) is 0. The second-order valence-corrected chi connectivity index (χ2v) is 7.42. The average Bonchev–Trinajstić information content (AvgIpc) is 3.09. The van der Waals surface area contributed by atoms with Crippen LogP contribution >= 0.6 is 0 Å². The summed E-state index contributed by atoms with van der Waals surface area (Å²) in [6.07, 6.45) is 1.61. The van der Waals surface area contributed by atoms with E-state index in [1.807, 2.05) is 19.1 Å². The molecule has 1 aliphatic rings. The van der Waals surface area contributed by atoms with E-state index in [9.17, 15) is 9.59 Å². The molecule has 0 radical (unpaired) electrons. The van der Waals surface area contributed by atoms with Crippen molar-refractivity contribution in [2.45, 2.75) is 13.8 Å². The first-order valence-electron chi connectivity index (χ1n) is 9.99. The molecular weight excluding hydrogens is 408 g/mol. The van der Waals surface area contributed by atoms with E-state index in [1.165, 1.54) is 0 Å². The molecule has 3 aromatic carbocycles. The number of methoxy groups -OCH3 is 2. The first-order chi connectivity index (χ1) is 15.4.